The third-order valence-corrected chi connectivity index (χ3v) is 7.03. The number of rotatable bonds is 7. The number of thiophene rings is 1. The van der Waals surface area contributed by atoms with Crippen LogP contribution in [-0.2, 0) is 7.05 Å². The molecule has 36 heavy (non-hydrogen) atoms. The molecule has 0 saturated carbocycles. The molecule has 0 aliphatic heterocycles. The van der Waals surface area contributed by atoms with Crippen LogP contribution in [0.3, 0.4) is 0 Å². The number of aromatic nitrogens is 3. The minimum absolute atomic E-state index is 0.247. The standard InChI is InChI=1S/C26H29FN4O4S/c1-7-29-24(32)17-8-15-16(12-31(6)25(33)20(15)30-17)22-18(9-19(36-22)23(27)26(4,5)34)35-21-13(2)10-28-11-14(21)3/h8-12,23,30,34H,7H2,1-6H3,(H,29,32). The monoisotopic (exact) mass is 512 g/mol. The molecule has 0 aromatic carbocycles. The molecular formula is C26H29FN4O4S. The second kappa shape index (κ2) is 9.51. The zero-order valence-electron chi connectivity index (χ0n) is 21.0. The maximum atomic E-state index is 15.3. The highest BCUT2D eigenvalue weighted by Crippen LogP contribution is 2.47. The molecule has 3 N–H and O–H groups in total. The van der Waals surface area contributed by atoms with E-state index in [0.29, 0.717) is 33.9 Å². The summed E-state index contributed by atoms with van der Waals surface area (Å²) in [7, 11) is 1.61. The van der Waals surface area contributed by atoms with Gasteiger partial charge in [0.2, 0.25) is 0 Å². The number of hydrogen-bond donors (Lipinski definition) is 3. The Balaban J connectivity index is 1.97. The molecule has 0 fully saturated rings. The van der Waals surface area contributed by atoms with Crippen molar-refractivity contribution in [3.05, 3.63) is 62.8 Å². The van der Waals surface area contributed by atoms with E-state index < -0.39 is 11.8 Å². The molecule has 4 aromatic rings. The number of nitrogens with zero attached hydrogens (tertiary/aromatic N) is 2. The second-order valence-electron chi connectivity index (χ2n) is 9.35. The number of carbonyl (C=O) groups excluding carboxylic acids is 1. The van der Waals surface area contributed by atoms with Crippen LogP contribution < -0.4 is 15.6 Å². The summed E-state index contributed by atoms with van der Waals surface area (Å²) >= 11 is 1.13. The van der Waals surface area contributed by atoms with Crippen LogP contribution in [-0.4, -0.2) is 37.7 Å². The van der Waals surface area contributed by atoms with Crippen LogP contribution in [0.15, 0.2) is 35.5 Å². The molecule has 4 heterocycles. The number of aliphatic hydroxyl groups is 1. The van der Waals surface area contributed by atoms with Gasteiger partial charge in [-0.05, 0) is 46.8 Å². The van der Waals surface area contributed by atoms with Crippen LogP contribution in [0.25, 0.3) is 21.3 Å². The van der Waals surface area contributed by atoms with Crippen molar-refractivity contribution in [2.45, 2.75) is 46.4 Å². The summed E-state index contributed by atoms with van der Waals surface area (Å²) in [6, 6.07) is 3.20. The van der Waals surface area contributed by atoms with Gasteiger partial charge in [-0.15, -0.1) is 11.3 Å². The van der Waals surface area contributed by atoms with Crippen molar-refractivity contribution < 1.29 is 19.0 Å². The summed E-state index contributed by atoms with van der Waals surface area (Å²) in [4.78, 5) is 33.3. The predicted molar refractivity (Wildman–Crippen MR) is 139 cm³/mol. The van der Waals surface area contributed by atoms with Crippen LogP contribution in [0.2, 0.25) is 0 Å². The Morgan fingerprint density at radius 2 is 1.97 bits per heavy atom. The van der Waals surface area contributed by atoms with E-state index in [2.05, 4.69) is 15.3 Å². The number of carbonyl (C=O) groups is 1. The quantitative estimate of drug-likeness (QED) is 0.325. The van der Waals surface area contributed by atoms with E-state index in [-0.39, 0.29) is 27.6 Å². The molecule has 0 bridgehead atoms. The van der Waals surface area contributed by atoms with E-state index in [0.717, 1.165) is 22.5 Å². The summed E-state index contributed by atoms with van der Waals surface area (Å²) in [5, 5.41) is 13.6. The Labute approximate surface area is 211 Å². The first-order chi connectivity index (χ1) is 16.9. The average Bonchev–Trinajstić information content (AvgIpc) is 3.43. The lowest BCUT2D eigenvalue weighted by atomic mass is 10.0. The number of nitrogens with one attached hydrogen (secondary N) is 2. The first-order valence-electron chi connectivity index (χ1n) is 11.5. The van der Waals surface area contributed by atoms with E-state index in [1.54, 1.807) is 44.7 Å². The molecule has 0 saturated heterocycles. The number of H-pyrrole nitrogens is 1. The van der Waals surface area contributed by atoms with Gasteiger partial charge >= 0.3 is 0 Å². The predicted octanol–water partition coefficient (Wildman–Crippen LogP) is 4.93. The fraction of sp³-hybridized carbons (Fsp3) is 0.346. The van der Waals surface area contributed by atoms with Crippen LogP contribution in [0.1, 0.15) is 53.4 Å². The van der Waals surface area contributed by atoms with Crippen molar-refractivity contribution in [1.82, 2.24) is 19.9 Å². The fourth-order valence-electron chi connectivity index (χ4n) is 3.98. The molecule has 1 atom stereocenters. The van der Waals surface area contributed by atoms with Crippen molar-refractivity contribution in [3.8, 4) is 21.9 Å². The Hall–Kier alpha value is -3.50. The van der Waals surface area contributed by atoms with Gasteiger partial charge in [-0.2, -0.15) is 0 Å². The lowest BCUT2D eigenvalue weighted by Crippen LogP contribution is -2.25. The number of amides is 1. The molecule has 190 valence electrons. The van der Waals surface area contributed by atoms with E-state index in [1.807, 2.05) is 13.8 Å². The molecule has 1 amide bonds. The number of ether oxygens (including phenoxy) is 1. The lowest BCUT2D eigenvalue weighted by molar-refractivity contribution is -0.00260. The molecule has 0 radical (unpaired) electrons. The Morgan fingerprint density at radius 1 is 1.31 bits per heavy atom. The van der Waals surface area contributed by atoms with Crippen molar-refractivity contribution in [3.63, 3.8) is 0 Å². The number of aryl methyl sites for hydroxylation is 3. The molecular weight excluding hydrogens is 483 g/mol. The Kier molecular flexibility index (Phi) is 6.76. The highest BCUT2D eigenvalue weighted by atomic mass is 32.1. The number of aromatic amines is 1. The first-order valence-corrected chi connectivity index (χ1v) is 12.3. The maximum Gasteiger partial charge on any atom is 0.274 e. The van der Waals surface area contributed by atoms with Crippen LogP contribution in [0, 0.1) is 13.8 Å². The second-order valence-corrected chi connectivity index (χ2v) is 10.4. The maximum absolute atomic E-state index is 15.3. The smallest absolute Gasteiger partial charge is 0.274 e. The highest BCUT2D eigenvalue weighted by Gasteiger charge is 2.32. The summed E-state index contributed by atoms with van der Waals surface area (Å²) in [6.07, 6.45) is 3.34. The van der Waals surface area contributed by atoms with E-state index in [4.69, 9.17) is 4.74 Å². The van der Waals surface area contributed by atoms with E-state index in [9.17, 15) is 14.7 Å². The van der Waals surface area contributed by atoms with Crippen LogP contribution >= 0.6 is 11.3 Å². The zero-order valence-corrected chi connectivity index (χ0v) is 21.8. The largest absolute Gasteiger partial charge is 0.455 e. The molecule has 4 rings (SSSR count). The van der Waals surface area contributed by atoms with Crippen molar-refractivity contribution >= 4 is 28.1 Å². The van der Waals surface area contributed by atoms with Crippen LogP contribution in [0.5, 0.6) is 11.5 Å². The van der Waals surface area contributed by atoms with E-state index in [1.165, 1.54) is 18.4 Å². The molecule has 0 aliphatic carbocycles. The number of halogens is 1. The van der Waals surface area contributed by atoms with Crippen molar-refractivity contribution in [2.24, 2.45) is 7.05 Å². The molecule has 4 aromatic heterocycles. The summed E-state index contributed by atoms with van der Waals surface area (Å²) in [6.45, 7) is 8.79. The molecule has 1 unspecified atom stereocenters. The van der Waals surface area contributed by atoms with Gasteiger partial charge in [-0.25, -0.2) is 4.39 Å². The SMILES string of the molecule is CCNC(=O)c1cc2c(-c3sc(C(F)C(C)(C)O)cc3Oc3c(C)cncc3C)cn(C)c(=O)c2[nH]1. The van der Waals surface area contributed by atoms with Crippen LogP contribution in [0.4, 0.5) is 4.39 Å². The first kappa shape index (κ1) is 25.6. The molecule has 10 heteroatoms. The fourth-order valence-corrected chi connectivity index (χ4v) is 5.25. The van der Waals surface area contributed by atoms with Crippen molar-refractivity contribution in [1.29, 1.82) is 0 Å². The van der Waals surface area contributed by atoms with Gasteiger partial charge in [0.1, 0.15) is 22.7 Å². The molecule has 8 nitrogen and oxygen atoms in total. The lowest BCUT2D eigenvalue weighted by Gasteiger charge is -2.20. The van der Waals surface area contributed by atoms with Crippen molar-refractivity contribution in [2.75, 3.05) is 6.54 Å². The topological polar surface area (TPSA) is 109 Å². The van der Waals surface area contributed by atoms with Gasteiger partial charge in [-0.3, -0.25) is 14.6 Å². The molecule has 0 aliphatic rings. The van der Waals surface area contributed by atoms with Gasteiger partial charge in [0, 0.05) is 59.1 Å². The number of fused-ring (bicyclic) bond motifs is 1. The number of alkyl halides is 1. The van der Waals surface area contributed by atoms with Gasteiger partial charge in [-0.1, -0.05) is 0 Å². The number of hydrogen-bond acceptors (Lipinski definition) is 6. The zero-order chi connectivity index (χ0) is 26.4. The number of pyridine rings is 2. The van der Waals surface area contributed by atoms with Gasteiger partial charge < -0.3 is 24.7 Å². The minimum Gasteiger partial charge on any atom is -0.455 e. The molecule has 0 spiro atoms. The normalized spacial score (nSPS) is 12.7. The third kappa shape index (κ3) is 4.66. The van der Waals surface area contributed by atoms with Gasteiger partial charge in [0.05, 0.1) is 10.5 Å². The Bertz CT molecular complexity index is 1490. The summed E-state index contributed by atoms with van der Waals surface area (Å²) < 4.78 is 23.0. The van der Waals surface area contributed by atoms with Gasteiger partial charge in [0.25, 0.3) is 11.5 Å². The van der Waals surface area contributed by atoms with Gasteiger partial charge in [0.15, 0.2) is 6.17 Å². The Morgan fingerprint density at radius 3 is 2.58 bits per heavy atom. The minimum atomic E-state index is -1.67. The average molecular weight is 513 g/mol. The highest BCUT2D eigenvalue weighted by molar-refractivity contribution is 7.16. The third-order valence-electron chi connectivity index (χ3n) is 5.84. The van der Waals surface area contributed by atoms with E-state index >= 15 is 4.39 Å². The summed E-state index contributed by atoms with van der Waals surface area (Å²) in [5.41, 5.74) is 0.795. The summed E-state index contributed by atoms with van der Waals surface area (Å²) in [5.74, 6) is 0.631.